The number of nitro benzene ring substituents is 1. The first-order chi connectivity index (χ1) is 10.3. The van der Waals surface area contributed by atoms with Crippen molar-refractivity contribution < 1.29 is 28.1 Å². The van der Waals surface area contributed by atoms with Gasteiger partial charge in [-0.15, -0.1) is 0 Å². The van der Waals surface area contributed by atoms with Gasteiger partial charge in [0.05, 0.1) is 24.6 Å². The van der Waals surface area contributed by atoms with Gasteiger partial charge in [-0.25, -0.2) is 0 Å². The summed E-state index contributed by atoms with van der Waals surface area (Å²) in [4.78, 5) is 21.7. The summed E-state index contributed by atoms with van der Waals surface area (Å²) in [5.74, 6) is -0.985. The Hall–Kier alpha value is -1.76. The first-order valence-corrected chi connectivity index (χ1v) is 8.09. The Kier molecular flexibility index (Phi) is 6.67. The summed E-state index contributed by atoms with van der Waals surface area (Å²) in [6.07, 6.45) is -0.0715. The maximum absolute atomic E-state index is 12.3. The number of benzene rings is 1. The van der Waals surface area contributed by atoms with E-state index in [1.807, 2.05) is 0 Å². The van der Waals surface area contributed by atoms with Crippen molar-refractivity contribution in [3.8, 4) is 0 Å². The fraction of sp³-hybridized carbons (Fsp3) is 0.462. The first-order valence-electron chi connectivity index (χ1n) is 6.37. The number of esters is 1. The molecular weight excluding hydrogens is 313 g/mol. The molecule has 0 heterocycles. The highest BCUT2D eigenvalue weighted by atomic mass is 31.2. The molecule has 0 aliphatic carbocycles. The molecule has 0 saturated carbocycles. The third-order valence-corrected chi connectivity index (χ3v) is 5.22. The van der Waals surface area contributed by atoms with Crippen LogP contribution >= 0.6 is 7.60 Å². The van der Waals surface area contributed by atoms with Crippen LogP contribution in [0.15, 0.2) is 24.3 Å². The van der Waals surface area contributed by atoms with Gasteiger partial charge in [0, 0.05) is 32.3 Å². The molecule has 0 aliphatic rings. The average molecular weight is 331 g/mol. The Morgan fingerprint density at radius 2 is 1.77 bits per heavy atom. The lowest BCUT2D eigenvalue weighted by atomic mass is 9.97. The van der Waals surface area contributed by atoms with E-state index in [4.69, 9.17) is 9.05 Å². The van der Waals surface area contributed by atoms with Gasteiger partial charge >= 0.3 is 13.6 Å². The minimum Gasteiger partial charge on any atom is -0.469 e. The molecule has 0 bridgehead atoms. The van der Waals surface area contributed by atoms with Gasteiger partial charge in [-0.05, 0) is 5.56 Å². The molecule has 0 N–H and O–H groups in total. The van der Waals surface area contributed by atoms with E-state index in [9.17, 15) is 19.5 Å². The van der Waals surface area contributed by atoms with Crippen molar-refractivity contribution in [1.29, 1.82) is 0 Å². The highest BCUT2D eigenvalue weighted by molar-refractivity contribution is 7.53. The number of rotatable bonds is 8. The number of non-ortho nitro benzene ring substituents is 1. The number of ether oxygens (including phenoxy) is 1. The second-order valence-corrected chi connectivity index (χ2v) is 6.80. The van der Waals surface area contributed by atoms with Crippen LogP contribution in [-0.4, -0.2) is 38.4 Å². The second-order valence-electron chi connectivity index (χ2n) is 4.48. The Bertz CT molecular complexity index is 564. The minimum absolute atomic E-state index is 0.0348. The lowest BCUT2D eigenvalue weighted by Gasteiger charge is -2.21. The smallest absolute Gasteiger partial charge is 0.330 e. The fourth-order valence-electron chi connectivity index (χ4n) is 1.93. The Balaban J connectivity index is 3.06. The summed E-state index contributed by atoms with van der Waals surface area (Å²) in [5.41, 5.74) is 0.549. The highest BCUT2D eigenvalue weighted by Crippen LogP contribution is 2.50. The second kappa shape index (κ2) is 8.03. The van der Waals surface area contributed by atoms with E-state index >= 15 is 0 Å². The lowest BCUT2D eigenvalue weighted by molar-refractivity contribution is -0.384. The largest absolute Gasteiger partial charge is 0.469 e. The number of hydrogen-bond acceptors (Lipinski definition) is 7. The molecule has 0 radical (unpaired) electrons. The fourth-order valence-corrected chi connectivity index (χ4v) is 3.26. The maximum atomic E-state index is 12.3. The standard InChI is InChI=1S/C13H18NO7P/c1-19-13(15)8-11(9-22(18,20-2)21-3)10-4-6-12(7-5-10)14(16)17/h4-7,11H,8-9H2,1-3H3. The molecule has 8 nitrogen and oxygen atoms in total. The molecule has 0 aromatic heterocycles. The predicted octanol–water partition coefficient (Wildman–Crippen LogP) is 2.73. The van der Waals surface area contributed by atoms with Crippen LogP contribution in [0.25, 0.3) is 0 Å². The normalized spacial score (nSPS) is 12.7. The summed E-state index contributed by atoms with van der Waals surface area (Å²) in [7, 11) is 0.428. The molecule has 0 fully saturated rings. The zero-order valence-electron chi connectivity index (χ0n) is 12.6. The van der Waals surface area contributed by atoms with Crippen molar-refractivity contribution >= 4 is 19.3 Å². The molecule has 0 saturated heterocycles. The van der Waals surface area contributed by atoms with Gasteiger partial charge in [-0.2, -0.15) is 0 Å². The summed E-state index contributed by atoms with van der Waals surface area (Å²) >= 11 is 0. The SMILES string of the molecule is COC(=O)CC(CP(=O)(OC)OC)c1ccc([N+](=O)[O-])cc1. The topological polar surface area (TPSA) is 105 Å². The van der Waals surface area contributed by atoms with Crippen LogP contribution in [0.1, 0.15) is 17.9 Å². The number of methoxy groups -OCH3 is 1. The van der Waals surface area contributed by atoms with E-state index < -0.39 is 24.4 Å². The molecule has 0 amide bonds. The molecule has 1 aromatic carbocycles. The van der Waals surface area contributed by atoms with Crippen molar-refractivity contribution in [1.82, 2.24) is 0 Å². The van der Waals surface area contributed by atoms with Crippen LogP contribution in [-0.2, 0) is 23.1 Å². The van der Waals surface area contributed by atoms with E-state index in [0.29, 0.717) is 5.56 Å². The van der Waals surface area contributed by atoms with Crippen molar-refractivity contribution in [3.63, 3.8) is 0 Å². The molecule has 122 valence electrons. The van der Waals surface area contributed by atoms with Gasteiger partial charge in [-0.1, -0.05) is 12.1 Å². The number of carbonyl (C=O) groups excluding carboxylic acids is 1. The zero-order chi connectivity index (χ0) is 16.8. The third-order valence-electron chi connectivity index (χ3n) is 3.22. The molecule has 22 heavy (non-hydrogen) atoms. The molecule has 1 rings (SSSR count). The molecule has 1 aromatic rings. The van der Waals surface area contributed by atoms with Crippen molar-refractivity contribution in [2.45, 2.75) is 12.3 Å². The molecule has 1 unspecified atom stereocenters. The van der Waals surface area contributed by atoms with Crippen LogP contribution in [0.4, 0.5) is 5.69 Å². The van der Waals surface area contributed by atoms with Crippen LogP contribution in [0.5, 0.6) is 0 Å². The van der Waals surface area contributed by atoms with Crippen LogP contribution < -0.4 is 0 Å². The van der Waals surface area contributed by atoms with Crippen LogP contribution in [0.3, 0.4) is 0 Å². The van der Waals surface area contributed by atoms with E-state index in [0.717, 1.165) is 0 Å². The molecule has 9 heteroatoms. The monoisotopic (exact) mass is 331 g/mol. The number of hydrogen-bond donors (Lipinski definition) is 0. The highest BCUT2D eigenvalue weighted by Gasteiger charge is 2.29. The maximum Gasteiger partial charge on any atom is 0.330 e. The summed E-state index contributed by atoms with van der Waals surface area (Å²) in [6.45, 7) is 0. The van der Waals surface area contributed by atoms with Gasteiger partial charge in [0.15, 0.2) is 0 Å². The Labute approximate surface area is 128 Å². The molecule has 0 aliphatic heterocycles. The Morgan fingerprint density at radius 3 is 2.18 bits per heavy atom. The zero-order valence-corrected chi connectivity index (χ0v) is 13.4. The van der Waals surface area contributed by atoms with Gasteiger partial charge in [-0.3, -0.25) is 19.5 Å². The number of carbonyl (C=O) groups is 1. The van der Waals surface area contributed by atoms with Gasteiger partial charge in [0.25, 0.3) is 5.69 Å². The minimum atomic E-state index is -3.34. The van der Waals surface area contributed by atoms with Crippen molar-refractivity contribution in [3.05, 3.63) is 39.9 Å². The van der Waals surface area contributed by atoms with Crippen molar-refractivity contribution in [2.75, 3.05) is 27.5 Å². The third kappa shape index (κ3) is 4.91. The average Bonchev–Trinajstić information content (AvgIpc) is 2.53. The van der Waals surface area contributed by atoms with Gasteiger partial charge < -0.3 is 13.8 Å². The van der Waals surface area contributed by atoms with E-state index in [1.165, 1.54) is 45.6 Å². The Morgan fingerprint density at radius 1 is 1.23 bits per heavy atom. The number of nitrogens with zero attached hydrogens (tertiary/aromatic N) is 1. The van der Waals surface area contributed by atoms with E-state index in [1.54, 1.807) is 0 Å². The first kappa shape index (κ1) is 18.3. The quantitative estimate of drug-likeness (QED) is 0.312. The van der Waals surface area contributed by atoms with Crippen LogP contribution in [0.2, 0.25) is 0 Å². The van der Waals surface area contributed by atoms with Crippen molar-refractivity contribution in [2.24, 2.45) is 0 Å². The van der Waals surface area contributed by atoms with E-state index in [2.05, 4.69) is 4.74 Å². The molecule has 0 spiro atoms. The summed E-state index contributed by atoms with van der Waals surface area (Å²) < 4.78 is 26.7. The molecule has 1 atom stereocenters. The molecular formula is C13H18NO7P. The predicted molar refractivity (Wildman–Crippen MR) is 79.0 cm³/mol. The van der Waals surface area contributed by atoms with Gasteiger partial charge in [0.1, 0.15) is 0 Å². The number of nitro groups is 1. The lowest BCUT2D eigenvalue weighted by Crippen LogP contribution is -2.13. The summed E-state index contributed by atoms with van der Waals surface area (Å²) in [6, 6.07) is 5.68. The van der Waals surface area contributed by atoms with E-state index in [-0.39, 0.29) is 18.3 Å². The van der Waals surface area contributed by atoms with Crippen LogP contribution in [0, 0.1) is 10.1 Å². The summed E-state index contributed by atoms with van der Waals surface area (Å²) in [5, 5.41) is 10.7. The van der Waals surface area contributed by atoms with Gasteiger partial charge in [0.2, 0.25) is 0 Å².